The number of benzene rings is 1. The Hall–Kier alpha value is -1.59. The monoisotopic (exact) mass is 298 g/mol. The van der Waals surface area contributed by atoms with Crippen molar-refractivity contribution in [3.8, 4) is 0 Å². The smallest absolute Gasteiger partial charge is 0.319 e. The van der Waals surface area contributed by atoms with E-state index < -0.39 is 5.82 Å². The molecular formula is C13H12ClFN2OS. The van der Waals surface area contributed by atoms with Crippen LogP contribution in [0.5, 0.6) is 0 Å². The van der Waals surface area contributed by atoms with Gasteiger partial charge in [-0.25, -0.2) is 9.18 Å². The molecule has 1 aromatic heterocycles. The Morgan fingerprint density at radius 3 is 2.84 bits per heavy atom. The van der Waals surface area contributed by atoms with E-state index in [4.69, 9.17) is 11.6 Å². The maximum Gasteiger partial charge on any atom is 0.319 e. The third-order valence-electron chi connectivity index (χ3n) is 2.56. The predicted molar refractivity (Wildman–Crippen MR) is 76.3 cm³/mol. The number of anilines is 1. The minimum atomic E-state index is -0.512. The van der Waals surface area contributed by atoms with Crippen molar-refractivity contribution in [3.05, 3.63) is 50.9 Å². The van der Waals surface area contributed by atoms with Gasteiger partial charge in [0, 0.05) is 10.6 Å². The highest BCUT2D eigenvalue weighted by atomic mass is 35.5. The maximum atomic E-state index is 13.0. The topological polar surface area (TPSA) is 41.1 Å². The molecule has 2 aromatic rings. The Morgan fingerprint density at radius 2 is 2.21 bits per heavy atom. The molecule has 0 aliphatic carbocycles. The normalized spacial score (nSPS) is 10.3. The highest BCUT2D eigenvalue weighted by Gasteiger charge is 2.06. The van der Waals surface area contributed by atoms with Crippen molar-refractivity contribution < 1.29 is 9.18 Å². The van der Waals surface area contributed by atoms with Crippen LogP contribution >= 0.6 is 22.9 Å². The van der Waals surface area contributed by atoms with Gasteiger partial charge >= 0.3 is 6.03 Å². The number of halogens is 2. The molecule has 1 aromatic carbocycles. The zero-order chi connectivity index (χ0) is 13.8. The van der Waals surface area contributed by atoms with Gasteiger partial charge in [0.1, 0.15) is 5.82 Å². The number of rotatable bonds is 3. The van der Waals surface area contributed by atoms with Gasteiger partial charge in [-0.2, -0.15) is 0 Å². The number of nitrogens with one attached hydrogen (secondary N) is 2. The van der Waals surface area contributed by atoms with Crippen molar-refractivity contribution in [3.63, 3.8) is 0 Å². The summed E-state index contributed by atoms with van der Waals surface area (Å²) in [5, 5.41) is 7.28. The molecule has 3 nitrogen and oxygen atoms in total. The van der Waals surface area contributed by atoms with E-state index in [1.54, 1.807) is 11.3 Å². The van der Waals surface area contributed by atoms with E-state index in [2.05, 4.69) is 10.6 Å². The number of hydrogen-bond donors (Lipinski definition) is 2. The van der Waals surface area contributed by atoms with E-state index in [1.165, 1.54) is 18.2 Å². The molecule has 6 heteroatoms. The van der Waals surface area contributed by atoms with Gasteiger partial charge in [-0.05, 0) is 42.1 Å². The minimum absolute atomic E-state index is 0.0214. The molecule has 0 bridgehead atoms. The number of thiophene rings is 1. The molecule has 0 saturated carbocycles. The second-order valence-corrected chi connectivity index (χ2v) is 5.37. The highest BCUT2D eigenvalue weighted by Crippen LogP contribution is 2.19. The van der Waals surface area contributed by atoms with Crippen molar-refractivity contribution in [1.82, 2.24) is 5.32 Å². The lowest BCUT2D eigenvalue weighted by atomic mass is 10.3. The van der Waals surface area contributed by atoms with Crippen molar-refractivity contribution >= 4 is 34.7 Å². The molecule has 0 saturated heterocycles. The Kier molecular flexibility index (Phi) is 4.39. The third kappa shape index (κ3) is 3.68. The molecule has 19 heavy (non-hydrogen) atoms. The summed E-state index contributed by atoms with van der Waals surface area (Å²) in [6.45, 7) is 2.45. The van der Waals surface area contributed by atoms with Gasteiger partial charge < -0.3 is 10.6 Å². The minimum Gasteiger partial charge on any atom is -0.333 e. The van der Waals surface area contributed by atoms with Crippen LogP contribution in [-0.2, 0) is 6.54 Å². The van der Waals surface area contributed by atoms with Crippen LogP contribution in [-0.4, -0.2) is 6.03 Å². The average Bonchev–Trinajstić information content (AvgIpc) is 2.77. The van der Waals surface area contributed by atoms with Gasteiger partial charge in [0.15, 0.2) is 0 Å². The largest absolute Gasteiger partial charge is 0.333 e. The fraction of sp³-hybridized carbons (Fsp3) is 0.154. The highest BCUT2D eigenvalue weighted by molar-refractivity contribution is 7.10. The third-order valence-corrected chi connectivity index (χ3v) is 3.87. The molecule has 0 spiro atoms. The van der Waals surface area contributed by atoms with Crippen molar-refractivity contribution in [2.24, 2.45) is 0 Å². The number of urea groups is 1. The Labute approximate surface area is 119 Å². The van der Waals surface area contributed by atoms with Crippen molar-refractivity contribution in [2.45, 2.75) is 13.5 Å². The van der Waals surface area contributed by atoms with E-state index in [1.807, 2.05) is 18.4 Å². The summed E-state index contributed by atoms with van der Waals surface area (Å²) in [6.07, 6.45) is 0. The van der Waals surface area contributed by atoms with Gasteiger partial charge in [-0.1, -0.05) is 11.6 Å². The van der Waals surface area contributed by atoms with Crippen LogP contribution in [0.15, 0.2) is 29.6 Å². The van der Waals surface area contributed by atoms with Gasteiger partial charge in [0.05, 0.1) is 11.6 Å². The summed E-state index contributed by atoms with van der Waals surface area (Å²) in [7, 11) is 0. The summed E-state index contributed by atoms with van der Waals surface area (Å²) in [5.74, 6) is -0.512. The second kappa shape index (κ2) is 6.04. The number of carbonyl (C=O) groups is 1. The summed E-state index contributed by atoms with van der Waals surface area (Å²) in [5.41, 5.74) is 1.60. The SMILES string of the molecule is Cc1ccsc1CNC(=O)Nc1ccc(F)c(Cl)c1. The number of amides is 2. The van der Waals surface area contributed by atoms with E-state index in [0.717, 1.165) is 10.4 Å². The lowest BCUT2D eigenvalue weighted by Gasteiger charge is -2.07. The molecule has 0 unspecified atom stereocenters. The van der Waals surface area contributed by atoms with E-state index in [-0.39, 0.29) is 11.1 Å². The molecule has 0 atom stereocenters. The summed E-state index contributed by atoms with van der Waals surface area (Å²) in [4.78, 5) is 12.8. The van der Waals surface area contributed by atoms with Crippen LogP contribution in [0, 0.1) is 12.7 Å². The zero-order valence-electron chi connectivity index (χ0n) is 10.2. The first-order chi connectivity index (χ1) is 9.06. The maximum absolute atomic E-state index is 13.0. The number of hydrogen-bond acceptors (Lipinski definition) is 2. The van der Waals surface area contributed by atoms with E-state index >= 15 is 0 Å². The lowest BCUT2D eigenvalue weighted by molar-refractivity contribution is 0.252. The van der Waals surface area contributed by atoms with Gasteiger partial charge in [0.2, 0.25) is 0 Å². The Bertz CT molecular complexity index is 600. The fourth-order valence-corrected chi connectivity index (χ4v) is 2.52. The van der Waals surface area contributed by atoms with Gasteiger partial charge in [0.25, 0.3) is 0 Å². The zero-order valence-corrected chi connectivity index (χ0v) is 11.7. The molecule has 0 aliphatic rings. The number of aryl methyl sites for hydroxylation is 1. The molecule has 0 aliphatic heterocycles. The molecule has 0 radical (unpaired) electrons. The van der Waals surface area contributed by atoms with Crippen LogP contribution in [0.3, 0.4) is 0 Å². The fourth-order valence-electron chi connectivity index (χ4n) is 1.49. The summed E-state index contributed by atoms with van der Waals surface area (Å²) in [6, 6.07) is 5.68. The first kappa shape index (κ1) is 13.8. The van der Waals surface area contributed by atoms with Crippen LogP contribution in [0.2, 0.25) is 5.02 Å². The quantitative estimate of drug-likeness (QED) is 0.877. The van der Waals surface area contributed by atoms with Crippen LogP contribution in [0.4, 0.5) is 14.9 Å². The number of carbonyl (C=O) groups excluding carboxylic acids is 1. The molecule has 1 heterocycles. The second-order valence-electron chi connectivity index (χ2n) is 3.96. The molecule has 2 rings (SSSR count). The summed E-state index contributed by atoms with van der Waals surface area (Å²) >= 11 is 7.22. The average molecular weight is 299 g/mol. The predicted octanol–water partition coefficient (Wildman–Crippen LogP) is 4.17. The van der Waals surface area contributed by atoms with Crippen molar-refractivity contribution in [1.29, 1.82) is 0 Å². The molecular weight excluding hydrogens is 287 g/mol. The van der Waals surface area contributed by atoms with Crippen LogP contribution < -0.4 is 10.6 Å². The lowest BCUT2D eigenvalue weighted by Crippen LogP contribution is -2.28. The van der Waals surface area contributed by atoms with Crippen molar-refractivity contribution in [2.75, 3.05) is 5.32 Å². The molecule has 2 amide bonds. The summed E-state index contributed by atoms with van der Waals surface area (Å²) < 4.78 is 13.0. The molecule has 2 N–H and O–H groups in total. The Morgan fingerprint density at radius 1 is 1.42 bits per heavy atom. The van der Waals surface area contributed by atoms with Gasteiger partial charge in [-0.3, -0.25) is 0 Å². The van der Waals surface area contributed by atoms with Gasteiger partial charge in [-0.15, -0.1) is 11.3 Å². The first-order valence-electron chi connectivity index (χ1n) is 5.59. The Balaban J connectivity index is 1.91. The first-order valence-corrected chi connectivity index (χ1v) is 6.85. The molecule has 0 fully saturated rings. The van der Waals surface area contributed by atoms with E-state index in [9.17, 15) is 9.18 Å². The molecule has 100 valence electrons. The van der Waals surface area contributed by atoms with E-state index in [0.29, 0.717) is 12.2 Å². The van der Waals surface area contributed by atoms with Crippen LogP contribution in [0.1, 0.15) is 10.4 Å². The standard InChI is InChI=1S/C13H12ClFN2OS/c1-8-4-5-19-12(8)7-16-13(18)17-9-2-3-11(15)10(14)6-9/h2-6H,7H2,1H3,(H2,16,17,18). The van der Waals surface area contributed by atoms with Crippen LogP contribution in [0.25, 0.3) is 0 Å².